The lowest BCUT2D eigenvalue weighted by molar-refractivity contribution is -0.142. The normalized spacial score (nSPS) is 12.1. The van der Waals surface area contributed by atoms with Crippen LogP contribution >= 0.6 is 0 Å². The van der Waals surface area contributed by atoms with Crippen molar-refractivity contribution in [2.75, 3.05) is 7.11 Å². The number of hydrogen-bond acceptors (Lipinski definition) is 4. The van der Waals surface area contributed by atoms with Crippen LogP contribution in [0.5, 0.6) is 0 Å². The van der Waals surface area contributed by atoms with Crippen LogP contribution in [0.3, 0.4) is 0 Å². The minimum atomic E-state index is -0.900. The van der Waals surface area contributed by atoms with Gasteiger partial charge < -0.3 is 10.5 Å². The Kier molecular flexibility index (Phi) is 4.62. The molecule has 2 N–H and O–H groups in total. The second-order valence-corrected chi connectivity index (χ2v) is 4.51. The van der Waals surface area contributed by atoms with Gasteiger partial charge in [0, 0.05) is 12.0 Å². The van der Waals surface area contributed by atoms with E-state index in [1.165, 1.54) is 7.11 Å². The molecule has 0 bridgehead atoms. The Morgan fingerprint density at radius 1 is 1.17 bits per heavy atom. The van der Waals surface area contributed by atoms with E-state index < -0.39 is 12.0 Å². The van der Waals surface area contributed by atoms with Gasteiger partial charge in [-0.2, -0.15) is 0 Å². The lowest BCUT2D eigenvalue weighted by atomic mass is 9.95. The van der Waals surface area contributed by atoms with Gasteiger partial charge in [0.15, 0.2) is 5.78 Å². The van der Waals surface area contributed by atoms with Crippen LogP contribution < -0.4 is 5.73 Å². The molecular formula is C14H19NO3. The molecule has 0 aliphatic carbocycles. The molecule has 0 spiro atoms. The fourth-order valence-electron chi connectivity index (χ4n) is 1.81. The van der Waals surface area contributed by atoms with Gasteiger partial charge in [0.1, 0.15) is 6.04 Å². The highest BCUT2D eigenvalue weighted by Crippen LogP contribution is 2.17. The van der Waals surface area contributed by atoms with E-state index in [0.29, 0.717) is 5.56 Å². The van der Waals surface area contributed by atoms with Gasteiger partial charge in [-0.05, 0) is 43.5 Å². The average Bonchev–Trinajstić information content (AvgIpc) is 2.32. The van der Waals surface area contributed by atoms with Crippen LogP contribution in [0.2, 0.25) is 0 Å². The van der Waals surface area contributed by atoms with E-state index in [4.69, 9.17) is 5.73 Å². The van der Waals surface area contributed by atoms with Crippen molar-refractivity contribution in [2.45, 2.75) is 33.2 Å². The van der Waals surface area contributed by atoms with Crippen LogP contribution in [-0.2, 0) is 9.53 Å². The van der Waals surface area contributed by atoms with E-state index >= 15 is 0 Å². The van der Waals surface area contributed by atoms with E-state index in [9.17, 15) is 9.59 Å². The molecule has 0 aromatic heterocycles. The van der Waals surface area contributed by atoms with Gasteiger partial charge in [0.05, 0.1) is 7.11 Å². The minimum absolute atomic E-state index is 0.0317. The summed E-state index contributed by atoms with van der Waals surface area (Å²) in [4.78, 5) is 23.3. The molecule has 4 nitrogen and oxygen atoms in total. The summed E-state index contributed by atoms with van der Waals surface area (Å²) in [7, 11) is 1.26. The van der Waals surface area contributed by atoms with Gasteiger partial charge in [0.2, 0.25) is 0 Å². The van der Waals surface area contributed by atoms with Crippen molar-refractivity contribution in [3.8, 4) is 0 Å². The first-order valence-corrected chi connectivity index (χ1v) is 5.81. The third-order valence-electron chi connectivity index (χ3n) is 3.05. The zero-order valence-electron chi connectivity index (χ0n) is 11.2. The fourth-order valence-corrected chi connectivity index (χ4v) is 1.81. The number of carbonyl (C=O) groups excluding carboxylic acids is 2. The Morgan fingerprint density at radius 2 is 1.72 bits per heavy atom. The number of esters is 1. The molecule has 0 aliphatic heterocycles. The summed E-state index contributed by atoms with van der Waals surface area (Å²) < 4.78 is 4.51. The number of ether oxygens (including phenoxy) is 1. The zero-order valence-corrected chi connectivity index (χ0v) is 11.2. The van der Waals surface area contributed by atoms with Crippen molar-refractivity contribution in [1.82, 2.24) is 0 Å². The third-order valence-corrected chi connectivity index (χ3v) is 3.05. The van der Waals surface area contributed by atoms with Gasteiger partial charge in [-0.1, -0.05) is 6.07 Å². The molecule has 0 aliphatic rings. The summed E-state index contributed by atoms with van der Waals surface area (Å²) in [6.45, 7) is 5.83. The lowest BCUT2D eigenvalue weighted by Crippen LogP contribution is -2.34. The van der Waals surface area contributed by atoms with Crippen LogP contribution in [0.15, 0.2) is 12.1 Å². The second-order valence-electron chi connectivity index (χ2n) is 4.51. The van der Waals surface area contributed by atoms with Gasteiger partial charge in [-0.15, -0.1) is 0 Å². The molecular weight excluding hydrogens is 230 g/mol. The number of rotatable bonds is 4. The van der Waals surface area contributed by atoms with E-state index in [0.717, 1.165) is 16.7 Å². The Hall–Kier alpha value is -1.68. The Morgan fingerprint density at radius 3 is 2.28 bits per heavy atom. The topological polar surface area (TPSA) is 69.4 Å². The number of ketones is 1. The van der Waals surface area contributed by atoms with E-state index in [-0.39, 0.29) is 12.2 Å². The lowest BCUT2D eigenvalue weighted by Gasteiger charge is -2.11. The summed E-state index contributed by atoms with van der Waals surface area (Å²) in [5, 5.41) is 0. The number of carbonyl (C=O) groups is 2. The molecule has 1 unspecified atom stereocenters. The fraction of sp³-hybridized carbons (Fsp3) is 0.429. The molecule has 0 heterocycles. The number of aryl methyl sites for hydroxylation is 3. The first kappa shape index (κ1) is 14.4. The highest BCUT2D eigenvalue weighted by Gasteiger charge is 2.20. The quantitative estimate of drug-likeness (QED) is 0.651. The average molecular weight is 249 g/mol. The number of Topliss-reactive ketones (excluding diaryl/α,β-unsaturated/α-hetero) is 1. The molecule has 1 aromatic carbocycles. The highest BCUT2D eigenvalue weighted by molar-refractivity contribution is 6.00. The minimum Gasteiger partial charge on any atom is -0.468 e. The number of methoxy groups -OCH3 is 1. The second kappa shape index (κ2) is 5.78. The van der Waals surface area contributed by atoms with Crippen LogP contribution in [0.4, 0.5) is 0 Å². The Balaban J connectivity index is 2.91. The standard InChI is InChI=1S/C14H19NO3/c1-8-5-10(3)11(6-9(8)2)13(16)7-12(15)14(17)18-4/h5-6,12H,7,15H2,1-4H3. The summed E-state index contributed by atoms with van der Waals surface area (Å²) >= 11 is 0. The van der Waals surface area contributed by atoms with Crippen LogP contribution in [0, 0.1) is 20.8 Å². The zero-order chi connectivity index (χ0) is 13.9. The maximum absolute atomic E-state index is 12.1. The largest absolute Gasteiger partial charge is 0.468 e. The monoisotopic (exact) mass is 249 g/mol. The third kappa shape index (κ3) is 3.17. The first-order valence-electron chi connectivity index (χ1n) is 5.81. The van der Waals surface area contributed by atoms with Gasteiger partial charge in [0.25, 0.3) is 0 Å². The molecule has 0 fully saturated rings. The molecule has 0 saturated heterocycles. The molecule has 0 amide bonds. The van der Waals surface area contributed by atoms with Crippen molar-refractivity contribution in [3.05, 3.63) is 34.4 Å². The maximum Gasteiger partial charge on any atom is 0.323 e. The number of benzene rings is 1. The summed E-state index contributed by atoms with van der Waals surface area (Å²) in [5.74, 6) is -0.696. The van der Waals surface area contributed by atoms with Crippen molar-refractivity contribution >= 4 is 11.8 Å². The van der Waals surface area contributed by atoms with Gasteiger partial charge in [-0.3, -0.25) is 9.59 Å². The van der Waals surface area contributed by atoms with Crippen molar-refractivity contribution in [3.63, 3.8) is 0 Å². The van der Waals surface area contributed by atoms with E-state index in [1.54, 1.807) is 0 Å². The molecule has 1 rings (SSSR count). The van der Waals surface area contributed by atoms with Gasteiger partial charge in [-0.25, -0.2) is 0 Å². The van der Waals surface area contributed by atoms with Gasteiger partial charge >= 0.3 is 5.97 Å². The number of hydrogen-bond donors (Lipinski definition) is 1. The molecule has 1 aromatic rings. The summed E-state index contributed by atoms with van der Waals surface area (Å²) in [6, 6.07) is 2.91. The molecule has 4 heteroatoms. The molecule has 0 saturated carbocycles. The smallest absolute Gasteiger partial charge is 0.323 e. The summed E-state index contributed by atoms with van der Waals surface area (Å²) in [5.41, 5.74) is 9.31. The van der Waals surface area contributed by atoms with E-state index in [1.807, 2.05) is 32.9 Å². The Labute approximate surface area is 107 Å². The van der Waals surface area contributed by atoms with Crippen LogP contribution in [0.25, 0.3) is 0 Å². The molecule has 98 valence electrons. The maximum atomic E-state index is 12.1. The van der Waals surface area contributed by atoms with Crippen molar-refractivity contribution in [1.29, 1.82) is 0 Å². The van der Waals surface area contributed by atoms with Crippen molar-refractivity contribution < 1.29 is 14.3 Å². The number of nitrogens with two attached hydrogens (primary N) is 1. The van der Waals surface area contributed by atoms with Crippen LogP contribution in [-0.4, -0.2) is 24.9 Å². The molecule has 0 radical (unpaired) electrons. The Bertz CT molecular complexity index is 480. The highest BCUT2D eigenvalue weighted by atomic mass is 16.5. The first-order chi connectivity index (χ1) is 8.36. The molecule has 1 atom stereocenters. The summed E-state index contributed by atoms with van der Waals surface area (Å²) in [6.07, 6.45) is -0.0317. The predicted octanol–water partition coefficient (Wildman–Crippen LogP) is 1.68. The van der Waals surface area contributed by atoms with Crippen molar-refractivity contribution in [2.24, 2.45) is 5.73 Å². The predicted molar refractivity (Wildman–Crippen MR) is 69.6 cm³/mol. The molecule has 18 heavy (non-hydrogen) atoms. The SMILES string of the molecule is COC(=O)C(N)CC(=O)c1cc(C)c(C)cc1C. The van der Waals surface area contributed by atoms with E-state index in [2.05, 4.69) is 4.74 Å². The van der Waals surface area contributed by atoms with Crippen LogP contribution in [0.1, 0.15) is 33.5 Å².